The molecule has 36 heavy (non-hydrogen) atoms. The molecule has 1 saturated carbocycles. The number of pyridine rings is 1. The molecule has 0 aliphatic heterocycles. The Morgan fingerprint density at radius 2 is 1.78 bits per heavy atom. The molecule has 1 heterocycles. The molecule has 1 aliphatic carbocycles. The Balaban J connectivity index is 1.49. The van der Waals surface area contributed by atoms with E-state index < -0.39 is 5.41 Å². The van der Waals surface area contributed by atoms with Crippen molar-refractivity contribution in [1.29, 1.82) is 0 Å². The van der Waals surface area contributed by atoms with Crippen molar-refractivity contribution in [3.8, 4) is 16.9 Å². The van der Waals surface area contributed by atoms with Crippen LogP contribution in [0.1, 0.15) is 24.1 Å². The van der Waals surface area contributed by atoms with Gasteiger partial charge in [-0.25, -0.2) is 0 Å². The zero-order valence-electron chi connectivity index (χ0n) is 20.1. The Morgan fingerprint density at radius 1 is 1.03 bits per heavy atom. The molecular weight excluding hydrogens is 495 g/mol. The number of nitrogens with zero attached hydrogens (tertiary/aromatic N) is 1. The maximum absolute atomic E-state index is 13.3. The van der Waals surface area contributed by atoms with Crippen LogP contribution in [0.25, 0.3) is 21.9 Å². The Bertz CT molecular complexity index is 1530. The van der Waals surface area contributed by atoms with Gasteiger partial charge >= 0.3 is 0 Å². The minimum atomic E-state index is -0.618. The number of halogens is 2. The van der Waals surface area contributed by atoms with Crippen LogP contribution in [-0.4, -0.2) is 24.1 Å². The van der Waals surface area contributed by atoms with Crippen LogP contribution in [0.3, 0.4) is 0 Å². The number of benzene rings is 3. The van der Waals surface area contributed by atoms with E-state index in [2.05, 4.69) is 5.32 Å². The number of ether oxygens (including phenoxy) is 1. The standard InChI is InChI=1S/C29H26Cl2N2O3/c1-33-25(12-15-32-28(35)29(13-14-29)23-11-8-19(30)16-24(23)31)26(18-6-4-3-5-7-18)22-17-20(36-2)9-10-21(22)27(33)34/h3-11,16-17H,12-15H2,1-2H3,(H,32,35). The molecule has 0 spiro atoms. The highest BCUT2D eigenvalue weighted by Gasteiger charge is 2.52. The van der Waals surface area contributed by atoms with Crippen molar-refractivity contribution in [2.24, 2.45) is 7.05 Å². The molecule has 3 aromatic carbocycles. The number of methoxy groups -OCH3 is 1. The third-order valence-corrected chi connectivity index (χ3v) is 7.61. The maximum atomic E-state index is 13.3. The highest BCUT2D eigenvalue weighted by molar-refractivity contribution is 6.35. The van der Waals surface area contributed by atoms with E-state index in [0.717, 1.165) is 40.6 Å². The average Bonchev–Trinajstić information content (AvgIpc) is 3.69. The molecule has 1 fully saturated rings. The molecule has 0 unspecified atom stereocenters. The largest absolute Gasteiger partial charge is 0.497 e. The monoisotopic (exact) mass is 520 g/mol. The van der Waals surface area contributed by atoms with Crippen molar-refractivity contribution >= 4 is 39.9 Å². The van der Waals surface area contributed by atoms with E-state index in [1.54, 1.807) is 43.0 Å². The van der Waals surface area contributed by atoms with Crippen molar-refractivity contribution in [2.75, 3.05) is 13.7 Å². The summed E-state index contributed by atoms with van der Waals surface area (Å²) in [5.41, 5.74) is 2.91. The van der Waals surface area contributed by atoms with Crippen LogP contribution in [0.2, 0.25) is 10.0 Å². The van der Waals surface area contributed by atoms with Crippen LogP contribution >= 0.6 is 23.2 Å². The highest BCUT2D eigenvalue weighted by Crippen LogP contribution is 2.51. The van der Waals surface area contributed by atoms with Crippen LogP contribution in [0, 0.1) is 0 Å². The zero-order valence-corrected chi connectivity index (χ0v) is 21.6. The lowest BCUT2D eigenvalue weighted by atomic mass is 9.94. The molecule has 7 heteroatoms. The van der Waals surface area contributed by atoms with Gasteiger partial charge in [-0.15, -0.1) is 0 Å². The van der Waals surface area contributed by atoms with Gasteiger partial charge in [0.2, 0.25) is 5.91 Å². The molecule has 0 radical (unpaired) electrons. The van der Waals surface area contributed by atoms with Gasteiger partial charge in [-0.2, -0.15) is 0 Å². The third-order valence-electron chi connectivity index (χ3n) is 7.07. The summed E-state index contributed by atoms with van der Waals surface area (Å²) in [6.07, 6.45) is 1.96. The number of hydrogen-bond acceptors (Lipinski definition) is 3. The summed E-state index contributed by atoms with van der Waals surface area (Å²) in [6.45, 7) is 0.383. The van der Waals surface area contributed by atoms with E-state index in [-0.39, 0.29) is 11.5 Å². The minimum absolute atomic E-state index is 0.0551. The van der Waals surface area contributed by atoms with E-state index in [4.69, 9.17) is 27.9 Å². The molecule has 0 atom stereocenters. The molecule has 0 bridgehead atoms. The van der Waals surface area contributed by atoms with Crippen molar-refractivity contribution in [1.82, 2.24) is 9.88 Å². The first-order valence-corrected chi connectivity index (χ1v) is 12.6. The Labute approximate surface area is 219 Å². The van der Waals surface area contributed by atoms with Gasteiger partial charge in [0.05, 0.1) is 12.5 Å². The molecule has 1 amide bonds. The summed E-state index contributed by atoms with van der Waals surface area (Å²) in [6, 6.07) is 20.8. The lowest BCUT2D eigenvalue weighted by Gasteiger charge is -2.20. The summed E-state index contributed by atoms with van der Waals surface area (Å²) < 4.78 is 7.14. The fraction of sp³-hybridized carbons (Fsp3) is 0.241. The normalized spacial score (nSPS) is 14.0. The Morgan fingerprint density at radius 3 is 2.44 bits per heavy atom. The smallest absolute Gasteiger partial charge is 0.258 e. The maximum Gasteiger partial charge on any atom is 0.258 e. The average molecular weight is 521 g/mol. The van der Waals surface area contributed by atoms with E-state index >= 15 is 0 Å². The van der Waals surface area contributed by atoms with Crippen molar-refractivity contribution < 1.29 is 9.53 Å². The number of carbonyl (C=O) groups is 1. The number of hydrogen-bond donors (Lipinski definition) is 1. The van der Waals surface area contributed by atoms with Gasteiger partial charge in [-0.3, -0.25) is 9.59 Å². The molecule has 5 rings (SSSR count). The SMILES string of the molecule is COc1ccc2c(=O)n(C)c(CCNC(=O)C3(c4ccc(Cl)cc4Cl)CC3)c(-c3ccccc3)c2c1. The van der Waals surface area contributed by atoms with Crippen LogP contribution < -0.4 is 15.6 Å². The number of amides is 1. The fourth-order valence-corrected chi connectivity index (χ4v) is 5.56. The topological polar surface area (TPSA) is 60.3 Å². The highest BCUT2D eigenvalue weighted by atomic mass is 35.5. The van der Waals surface area contributed by atoms with Gasteiger partial charge in [0.25, 0.3) is 5.56 Å². The number of rotatable bonds is 7. The molecule has 4 aromatic rings. The lowest BCUT2D eigenvalue weighted by Crippen LogP contribution is -2.36. The van der Waals surface area contributed by atoms with Gasteiger partial charge in [0.1, 0.15) is 5.75 Å². The predicted octanol–water partition coefficient (Wildman–Crippen LogP) is 5.91. The zero-order chi connectivity index (χ0) is 25.4. The first-order valence-electron chi connectivity index (χ1n) is 11.8. The molecule has 1 aromatic heterocycles. The van der Waals surface area contributed by atoms with Gasteiger partial charge in [-0.05, 0) is 54.3 Å². The van der Waals surface area contributed by atoms with Crippen LogP contribution in [0.4, 0.5) is 0 Å². The number of carbonyl (C=O) groups excluding carboxylic acids is 1. The summed E-state index contributed by atoms with van der Waals surface area (Å²) in [4.78, 5) is 26.5. The molecule has 5 nitrogen and oxygen atoms in total. The molecule has 1 aliphatic rings. The second kappa shape index (κ2) is 9.64. The lowest BCUT2D eigenvalue weighted by molar-refractivity contribution is -0.123. The summed E-state index contributed by atoms with van der Waals surface area (Å²) in [5, 5.41) is 5.60. The second-order valence-electron chi connectivity index (χ2n) is 9.18. The predicted molar refractivity (Wildman–Crippen MR) is 145 cm³/mol. The Hall–Kier alpha value is -3.28. The van der Waals surface area contributed by atoms with Crippen LogP contribution in [0.15, 0.2) is 71.5 Å². The number of aromatic nitrogens is 1. The number of nitrogens with one attached hydrogen (secondary N) is 1. The van der Waals surface area contributed by atoms with Gasteiger partial charge in [0, 0.05) is 52.1 Å². The quantitative estimate of drug-likeness (QED) is 0.329. The van der Waals surface area contributed by atoms with Gasteiger partial charge in [0.15, 0.2) is 0 Å². The van der Waals surface area contributed by atoms with E-state index in [1.807, 2.05) is 42.5 Å². The first-order chi connectivity index (χ1) is 17.4. The molecule has 1 N–H and O–H groups in total. The van der Waals surface area contributed by atoms with Crippen molar-refractivity contribution in [2.45, 2.75) is 24.7 Å². The van der Waals surface area contributed by atoms with Gasteiger partial charge in [-0.1, -0.05) is 59.6 Å². The summed E-state index contributed by atoms with van der Waals surface area (Å²) in [5.74, 6) is 0.628. The van der Waals surface area contributed by atoms with Gasteiger partial charge < -0.3 is 14.6 Å². The molecule has 184 valence electrons. The van der Waals surface area contributed by atoms with Crippen molar-refractivity contribution in [3.05, 3.63) is 98.4 Å². The molecule has 0 saturated heterocycles. The fourth-order valence-electron chi connectivity index (χ4n) is 4.97. The molecular formula is C29H26Cl2N2O3. The summed E-state index contributed by atoms with van der Waals surface area (Å²) >= 11 is 12.5. The van der Waals surface area contributed by atoms with E-state index in [1.165, 1.54) is 0 Å². The second-order valence-corrected chi connectivity index (χ2v) is 10.0. The Kier molecular flexibility index (Phi) is 6.54. The summed E-state index contributed by atoms with van der Waals surface area (Å²) in [7, 11) is 3.40. The first kappa shape index (κ1) is 24.4. The van der Waals surface area contributed by atoms with Crippen LogP contribution in [0.5, 0.6) is 5.75 Å². The third kappa shape index (κ3) is 4.27. The van der Waals surface area contributed by atoms with Crippen LogP contribution in [-0.2, 0) is 23.7 Å². The van der Waals surface area contributed by atoms with E-state index in [0.29, 0.717) is 34.1 Å². The van der Waals surface area contributed by atoms with E-state index in [9.17, 15) is 9.59 Å². The minimum Gasteiger partial charge on any atom is -0.497 e. The number of fused-ring (bicyclic) bond motifs is 1. The van der Waals surface area contributed by atoms with Crippen molar-refractivity contribution in [3.63, 3.8) is 0 Å².